The molecule has 1 aromatic carbocycles. The van der Waals surface area contributed by atoms with Crippen LogP contribution < -0.4 is 0 Å². The van der Waals surface area contributed by atoms with Gasteiger partial charge in [0.15, 0.2) is 0 Å². The Morgan fingerprint density at radius 3 is 2.38 bits per heavy atom. The fourth-order valence-electron chi connectivity index (χ4n) is 3.78. The fourth-order valence-corrected chi connectivity index (χ4v) is 3.78. The van der Waals surface area contributed by atoms with Crippen LogP contribution >= 0.6 is 0 Å². The normalized spacial score (nSPS) is 26.0. The van der Waals surface area contributed by atoms with Crippen LogP contribution in [-0.2, 0) is 6.42 Å². The highest BCUT2D eigenvalue weighted by atomic mass is 16.3. The van der Waals surface area contributed by atoms with Crippen molar-refractivity contribution in [3.63, 3.8) is 0 Å². The quantitative estimate of drug-likeness (QED) is 0.706. The van der Waals surface area contributed by atoms with E-state index in [2.05, 4.69) is 38.1 Å². The van der Waals surface area contributed by atoms with Gasteiger partial charge in [0, 0.05) is 0 Å². The molecule has 1 nitrogen and oxygen atoms in total. The molecule has 2 rings (SSSR count). The molecule has 0 heterocycles. The van der Waals surface area contributed by atoms with Crippen molar-refractivity contribution in [1.29, 1.82) is 0 Å². The van der Waals surface area contributed by atoms with Gasteiger partial charge in [0.1, 0.15) is 0 Å². The highest BCUT2D eigenvalue weighted by Crippen LogP contribution is 2.40. The Bertz CT molecular complexity index is 395. The maximum Gasteiger partial charge on any atom is 0.0543 e. The van der Waals surface area contributed by atoms with E-state index < -0.39 is 0 Å². The topological polar surface area (TPSA) is 20.2 Å². The lowest BCUT2D eigenvalue weighted by Gasteiger charge is -2.35. The fraction of sp³-hybridized carbons (Fsp3) is 0.700. The molecule has 1 aliphatic carbocycles. The molecule has 1 fully saturated rings. The number of hydrogen-bond acceptors (Lipinski definition) is 1. The molecule has 1 saturated carbocycles. The molecule has 0 aliphatic heterocycles. The van der Waals surface area contributed by atoms with E-state index in [1.165, 1.54) is 49.7 Å². The average Bonchev–Trinajstić information content (AvgIpc) is 2.51. The summed E-state index contributed by atoms with van der Waals surface area (Å²) in [6, 6.07) is 9.36. The van der Waals surface area contributed by atoms with Gasteiger partial charge >= 0.3 is 0 Å². The third-order valence-electron chi connectivity index (χ3n) is 5.11. The lowest BCUT2D eigenvalue weighted by atomic mass is 9.72. The lowest BCUT2D eigenvalue weighted by molar-refractivity contribution is 0.0852. The summed E-state index contributed by atoms with van der Waals surface area (Å²) in [4.78, 5) is 0. The smallest absolute Gasteiger partial charge is 0.0543 e. The van der Waals surface area contributed by atoms with Gasteiger partial charge in [0.05, 0.1) is 6.10 Å². The minimum Gasteiger partial charge on any atom is -0.393 e. The van der Waals surface area contributed by atoms with Crippen molar-refractivity contribution in [2.75, 3.05) is 0 Å². The number of benzene rings is 1. The Labute approximate surface area is 130 Å². The van der Waals surface area contributed by atoms with E-state index in [9.17, 15) is 5.11 Å². The number of hydrogen-bond donors (Lipinski definition) is 1. The number of aryl methyl sites for hydroxylation is 1. The van der Waals surface area contributed by atoms with Gasteiger partial charge in [0.25, 0.3) is 0 Å². The highest BCUT2D eigenvalue weighted by molar-refractivity contribution is 5.26. The van der Waals surface area contributed by atoms with E-state index in [1.54, 1.807) is 0 Å². The SMILES string of the molecule is CCCCc1ccc(C2CCC(O)CC2CCCC)cc1. The molecule has 1 aromatic rings. The largest absolute Gasteiger partial charge is 0.393 e. The molecule has 0 saturated heterocycles. The number of aliphatic hydroxyl groups is 1. The average molecular weight is 288 g/mol. The maximum absolute atomic E-state index is 9.98. The van der Waals surface area contributed by atoms with Crippen molar-refractivity contribution in [2.45, 2.75) is 83.7 Å². The van der Waals surface area contributed by atoms with Crippen LogP contribution in [-0.4, -0.2) is 11.2 Å². The molecule has 1 N–H and O–H groups in total. The summed E-state index contributed by atoms with van der Waals surface area (Å²) < 4.78 is 0. The van der Waals surface area contributed by atoms with Gasteiger partial charge in [-0.3, -0.25) is 0 Å². The van der Waals surface area contributed by atoms with Crippen LogP contribution in [0.5, 0.6) is 0 Å². The number of aliphatic hydroxyl groups excluding tert-OH is 1. The summed E-state index contributed by atoms with van der Waals surface area (Å²) in [5.41, 5.74) is 2.98. The van der Waals surface area contributed by atoms with Gasteiger partial charge in [-0.25, -0.2) is 0 Å². The van der Waals surface area contributed by atoms with E-state index in [-0.39, 0.29) is 6.10 Å². The van der Waals surface area contributed by atoms with Crippen LogP contribution in [0, 0.1) is 5.92 Å². The third kappa shape index (κ3) is 4.85. The standard InChI is InChI=1S/C20H32O/c1-3-5-7-16-9-11-17(12-10-16)20-14-13-19(21)15-18(20)8-6-4-2/h9-12,18-21H,3-8,13-15H2,1-2H3. The molecule has 1 aliphatic rings. The van der Waals surface area contributed by atoms with Gasteiger partial charge in [-0.2, -0.15) is 0 Å². The first-order chi connectivity index (χ1) is 10.2. The van der Waals surface area contributed by atoms with E-state index in [0.29, 0.717) is 11.8 Å². The zero-order valence-electron chi connectivity index (χ0n) is 13.9. The first kappa shape index (κ1) is 16.5. The van der Waals surface area contributed by atoms with Gasteiger partial charge in [0.2, 0.25) is 0 Å². The summed E-state index contributed by atoms with van der Waals surface area (Å²) in [6.45, 7) is 4.51. The summed E-state index contributed by atoms with van der Waals surface area (Å²) in [6.07, 6.45) is 10.7. The van der Waals surface area contributed by atoms with E-state index in [0.717, 1.165) is 19.3 Å². The van der Waals surface area contributed by atoms with Crippen molar-refractivity contribution in [3.8, 4) is 0 Å². The summed E-state index contributed by atoms with van der Waals surface area (Å²) in [5.74, 6) is 1.34. The molecule has 0 radical (unpaired) electrons. The Kier molecular flexibility index (Phi) is 6.76. The second-order valence-electron chi connectivity index (χ2n) is 6.82. The van der Waals surface area contributed by atoms with Gasteiger partial charge < -0.3 is 5.11 Å². The lowest BCUT2D eigenvalue weighted by Crippen LogP contribution is -2.26. The first-order valence-electron chi connectivity index (χ1n) is 9.01. The minimum atomic E-state index is -0.0630. The number of unbranched alkanes of at least 4 members (excludes halogenated alkanes) is 2. The third-order valence-corrected chi connectivity index (χ3v) is 5.11. The van der Waals surface area contributed by atoms with Crippen LogP contribution in [0.4, 0.5) is 0 Å². The van der Waals surface area contributed by atoms with E-state index in [4.69, 9.17) is 0 Å². The van der Waals surface area contributed by atoms with Gasteiger partial charge in [-0.05, 0) is 61.5 Å². The summed E-state index contributed by atoms with van der Waals surface area (Å²) >= 11 is 0. The van der Waals surface area contributed by atoms with Crippen LogP contribution in [0.1, 0.15) is 82.3 Å². The second kappa shape index (κ2) is 8.58. The molecular weight excluding hydrogens is 256 g/mol. The molecule has 0 bridgehead atoms. The van der Waals surface area contributed by atoms with Crippen LogP contribution in [0.25, 0.3) is 0 Å². The molecule has 21 heavy (non-hydrogen) atoms. The van der Waals surface area contributed by atoms with E-state index >= 15 is 0 Å². The molecular formula is C20H32O. The predicted molar refractivity (Wildman–Crippen MR) is 90.7 cm³/mol. The van der Waals surface area contributed by atoms with Crippen molar-refractivity contribution in [1.82, 2.24) is 0 Å². The molecule has 3 atom stereocenters. The summed E-state index contributed by atoms with van der Waals surface area (Å²) in [5, 5.41) is 9.98. The predicted octanol–water partition coefficient (Wildman–Crippen LogP) is 5.46. The zero-order valence-corrected chi connectivity index (χ0v) is 13.9. The van der Waals surface area contributed by atoms with Crippen molar-refractivity contribution >= 4 is 0 Å². The molecule has 1 heteroatoms. The van der Waals surface area contributed by atoms with Gasteiger partial charge in [-0.15, -0.1) is 0 Å². The first-order valence-corrected chi connectivity index (χ1v) is 9.01. The molecule has 0 aromatic heterocycles. The van der Waals surface area contributed by atoms with Crippen molar-refractivity contribution in [3.05, 3.63) is 35.4 Å². The minimum absolute atomic E-state index is 0.0630. The van der Waals surface area contributed by atoms with Crippen LogP contribution in [0.15, 0.2) is 24.3 Å². The van der Waals surface area contributed by atoms with Gasteiger partial charge in [-0.1, -0.05) is 57.4 Å². The zero-order chi connectivity index (χ0) is 15.1. The Balaban J connectivity index is 2.02. The van der Waals surface area contributed by atoms with Crippen molar-refractivity contribution in [2.24, 2.45) is 5.92 Å². The molecule has 0 amide bonds. The Morgan fingerprint density at radius 1 is 1.00 bits per heavy atom. The van der Waals surface area contributed by atoms with Crippen LogP contribution in [0.2, 0.25) is 0 Å². The maximum atomic E-state index is 9.98. The molecule has 118 valence electrons. The highest BCUT2D eigenvalue weighted by Gasteiger charge is 2.30. The van der Waals surface area contributed by atoms with Crippen LogP contribution in [0.3, 0.4) is 0 Å². The Hall–Kier alpha value is -0.820. The molecule has 3 unspecified atom stereocenters. The van der Waals surface area contributed by atoms with E-state index in [1.807, 2.05) is 0 Å². The summed E-state index contributed by atoms with van der Waals surface area (Å²) in [7, 11) is 0. The Morgan fingerprint density at radius 2 is 1.71 bits per heavy atom. The monoisotopic (exact) mass is 288 g/mol. The number of rotatable bonds is 7. The second-order valence-corrected chi connectivity index (χ2v) is 6.82. The van der Waals surface area contributed by atoms with Crippen molar-refractivity contribution < 1.29 is 5.11 Å². The molecule has 0 spiro atoms.